The van der Waals surface area contributed by atoms with Crippen LogP contribution >= 0.6 is 60.2 Å². The minimum atomic E-state index is 0. The van der Waals surface area contributed by atoms with Crippen LogP contribution in [0, 0.1) is 0 Å². The van der Waals surface area contributed by atoms with Crippen LogP contribution in [0.2, 0.25) is 0 Å². The van der Waals surface area contributed by atoms with Crippen LogP contribution in [0.3, 0.4) is 0 Å². The molecule has 1 aromatic rings. The van der Waals surface area contributed by atoms with Crippen molar-refractivity contribution in [1.29, 1.82) is 0 Å². The van der Waals surface area contributed by atoms with Gasteiger partial charge in [-0.25, -0.2) is 0 Å². The molecule has 12 heavy (non-hydrogen) atoms. The Balaban J connectivity index is 0.00000121. The van der Waals surface area contributed by atoms with Crippen LogP contribution in [0.15, 0.2) is 25.6 Å². The molecule has 0 radical (unpaired) electrons. The molecule has 1 nitrogen and oxygen atoms in total. The third-order valence-electron chi connectivity index (χ3n) is 1.31. The van der Waals surface area contributed by atoms with Gasteiger partial charge in [-0.05, 0) is 49.6 Å². The molecule has 5 heteroatoms. The van der Waals surface area contributed by atoms with E-state index in [1.54, 1.807) is 0 Å². The zero-order chi connectivity index (χ0) is 8.43. The van der Waals surface area contributed by atoms with Gasteiger partial charge in [-0.3, -0.25) is 0 Å². The average molecular weight is 380 g/mol. The maximum Gasteiger partial charge on any atom is 0.0328 e. The molecule has 0 aromatic heterocycles. The number of nitrogens with two attached hydrogens (primary N) is 1. The molecule has 68 valence electrons. The number of rotatable bonds is 1. The lowest BCUT2D eigenvalue weighted by Crippen LogP contribution is -1.97. The summed E-state index contributed by atoms with van der Waals surface area (Å²) >= 11 is 10.2. The van der Waals surface area contributed by atoms with Crippen molar-refractivity contribution in [2.75, 3.05) is 0 Å². The van der Waals surface area contributed by atoms with E-state index in [9.17, 15) is 0 Å². The molecular formula is C7H7Br3ClN. The molecule has 0 aliphatic rings. The van der Waals surface area contributed by atoms with Gasteiger partial charge in [0.15, 0.2) is 0 Å². The summed E-state index contributed by atoms with van der Waals surface area (Å²) in [5.74, 6) is 0. The smallest absolute Gasteiger partial charge is 0.0328 e. The van der Waals surface area contributed by atoms with Gasteiger partial charge in [-0.15, -0.1) is 12.4 Å². The third-order valence-corrected chi connectivity index (χ3v) is 3.89. The summed E-state index contributed by atoms with van der Waals surface area (Å²) in [4.78, 5) is 0. The molecule has 0 heterocycles. The van der Waals surface area contributed by atoms with Crippen LogP contribution in [-0.2, 0) is 6.54 Å². The van der Waals surface area contributed by atoms with Gasteiger partial charge in [0.05, 0.1) is 0 Å². The topological polar surface area (TPSA) is 26.0 Å². The SMILES string of the molecule is Cl.NCc1cc(Br)c(Br)cc1Br. The maximum absolute atomic E-state index is 5.50. The Morgan fingerprint density at radius 2 is 1.50 bits per heavy atom. The van der Waals surface area contributed by atoms with Crippen LogP contribution < -0.4 is 5.73 Å². The predicted molar refractivity (Wildman–Crippen MR) is 64.7 cm³/mol. The Kier molecular flexibility index (Phi) is 6.03. The first-order chi connectivity index (χ1) is 5.15. The summed E-state index contributed by atoms with van der Waals surface area (Å²) in [5, 5.41) is 0. The Labute approximate surface area is 103 Å². The highest BCUT2D eigenvalue weighted by molar-refractivity contribution is 9.13. The second kappa shape index (κ2) is 5.60. The van der Waals surface area contributed by atoms with Gasteiger partial charge in [-0.2, -0.15) is 0 Å². The second-order valence-electron chi connectivity index (χ2n) is 2.06. The number of hydrogen-bond donors (Lipinski definition) is 1. The van der Waals surface area contributed by atoms with Crippen LogP contribution in [0.5, 0.6) is 0 Å². The molecule has 0 atom stereocenters. The monoisotopic (exact) mass is 377 g/mol. The fraction of sp³-hybridized carbons (Fsp3) is 0.143. The number of halogens is 4. The van der Waals surface area contributed by atoms with Crippen molar-refractivity contribution in [3.05, 3.63) is 31.1 Å². The minimum absolute atomic E-state index is 0. The summed E-state index contributed by atoms with van der Waals surface area (Å²) in [6, 6.07) is 3.97. The average Bonchev–Trinajstić information content (AvgIpc) is 1.97. The van der Waals surface area contributed by atoms with Gasteiger partial charge in [0.2, 0.25) is 0 Å². The van der Waals surface area contributed by atoms with Crippen molar-refractivity contribution in [2.24, 2.45) is 5.73 Å². The molecule has 0 aliphatic carbocycles. The van der Waals surface area contributed by atoms with E-state index >= 15 is 0 Å². The fourth-order valence-electron chi connectivity index (χ4n) is 0.720. The van der Waals surface area contributed by atoms with Crippen LogP contribution in [0.25, 0.3) is 0 Å². The van der Waals surface area contributed by atoms with Gasteiger partial charge in [0.25, 0.3) is 0 Å². The highest BCUT2D eigenvalue weighted by Gasteiger charge is 2.02. The van der Waals surface area contributed by atoms with Crippen LogP contribution in [-0.4, -0.2) is 0 Å². The molecule has 0 bridgehead atoms. The molecule has 0 saturated carbocycles. The molecular weight excluding hydrogens is 373 g/mol. The van der Waals surface area contributed by atoms with E-state index < -0.39 is 0 Å². The van der Waals surface area contributed by atoms with E-state index in [0.717, 1.165) is 19.0 Å². The summed E-state index contributed by atoms with van der Waals surface area (Å²) < 4.78 is 3.10. The van der Waals surface area contributed by atoms with Crippen LogP contribution in [0.1, 0.15) is 5.56 Å². The number of benzene rings is 1. The lowest BCUT2D eigenvalue weighted by molar-refractivity contribution is 1.06. The van der Waals surface area contributed by atoms with E-state index in [4.69, 9.17) is 5.73 Å². The van der Waals surface area contributed by atoms with E-state index in [-0.39, 0.29) is 12.4 Å². The Morgan fingerprint density at radius 1 is 1.00 bits per heavy atom. The normalized spacial score (nSPS) is 9.33. The first kappa shape index (κ1) is 12.9. The van der Waals surface area contributed by atoms with Gasteiger partial charge < -0.3 is 5.73 Å². The van der Waals surface area contributed by atoms with Gasteiger partial charge in [-0.1, -0.05) is 15.9 Å². The molecule has 1 rings (SSSR count). The first-order valence-electron chi connectivity index (χ1n) is 2.98. The maximum atomic E-state index is 5.50. The van der Waals surface area contributed by atoms with Gasteiger partial charge in [0, 0.05) is 20.0 Å². The Bertz CT molecular complexity index is 278. The van der Waals surface area contributed by atoms with Gasteiger partial charge >= 0.3 is 0 Å². The van der Waals surface area contributed by atoms with E-state index in [1.165, 1.54) is 0 Å². The molecule has 0 saturated heterocycles. The fourth-order valence-corrected chi connectivity index (χ4v) is 2.27. The van der Waals surface area contributed by atoms with Crippen molar-refractivity contribution in [1.82, 2.24) is 0 Å². The zero-order valence-electron chi connectivity index (χ0n) is 5.98. The second-order valence-corrected chi connectivity index (χ2v) is 4.62. The van der Waals surface area contributed by atoms with Gasteiger partial charge in [0.1, 0.15) is 0 Å². The summed E-state index contributed by atoms with van der Waals surface area (Å²) in [7, 11) is 0. The highest BCUT2D eigenvalue weighted by atomic mass is 79.9. The highest BCUT2D eigenvalue weighted by Crippen LogP contribution is 2.29. The molecule has 1 aromatic carbocycles. The van der Waals surface area contributed by atoms with Crippen molar-refractivity contribution in [3.63, 3.8) is 0 Å². The first-order valence-corrected chi connectivity index (χ1v) is 5.36. The third kappa shape index (κ3) is 3.00. The Hall–Kier alpha value is 0.910. The molecule has 0 fully saturated rings. The van der Waals surface area contributed by atoms with Crippen LogP contribution in [0.4, 0.5) is 0 Å². The van der Waals surface area contributed by atoms with E-state index in [1.807, 2.05) is 12.1 Å². The van der Waals surface area contributed by atoms with Crippen molar-refractivity contribution >= 4 is 60.2 Å². The summed E-state index contributed by atoms with van der Waals surface area (Å²) in [6.45, 7) is 0.548. The van der Waals surface area contributed by atoms with Crippen molar-refractivity contribution in [3.8, 4) is 0 Å². The molecule has 0 aliphatic heterocycles. The minimum Gasteiger partial charge on any atom is -0.326 e. The molecule has 2 N–H and O–H groups in total. The summed E-state index contributed by atoms with van der Waals surface area (Å²) in [5.41, 5.74) is 6.60. The largest absolute Gasteiger partial charge is 0.326 e. The molecule has 0 amide bonds. The quantitative estimate of drug-likeness (QED) is 0.736. The standard InChI is InChI=1S/C7H6Br3N.ClH/c8-5-2-7(10)6(9)1-4(5)3-11;/h1-2H,3,11H2;1H. The summed E-state index contributed by atoms with van der Waals surface area (Å²) in [6.07, 6.45) is 0. The molecule has 0 spiro atoms. The van der Waals surface area contributed by atoms with Crippen molar-refractivity contribution in [2.45, 2.75) is 6.54 Å². The number of hydrogen-bond acceptors (Lipinski definition) is 1. The van der Waals surface area contributed by atoms with E-state index in [2.05, 4.69) is 47.8 Å². The predicted octanol–water partition coefficient (Wildman–Crippen LogP) is 3.85. The van der Waals surface area contributed by atoms with Crippen molar-refractivity contribution < 1.29 is 0 Å². The lowest BCUT2D eigenvalue weighted by atomic mass is 10.2. The Morgan fingerprint density at radius 3 is 2.00 bits per heavy atom. The zero-order valence-corrected chi connectivity index (χ0v) is 11.6. The molecule has 0 unspecified atom stereocenters. The van der Waals surface area contributed by atoms with E-state index in [0.29, 0.717) is 6.54 Å². The lowest BCUT2D eigenvalue weighted by Gasteiger charge is -2.03.